The lowest BCUT2D eigenvalue weighted by molar-refractivity contribution is 0.476. The summed E-state index contributed by atoms with van der Waals surface area (Å²) in [5.74, 6) is 1.67. The summed E-state index contributed by atoms with van der Waals surface area (Å²) in [6, 6.07) is 7.18. The highest BCUT2D eigenvalue weighted by molar-refractivity contribution is 6.17. The second kappa shape index (κ2) is 5.03. The third-order valence-electron chi connectivity index (χ3n) is 2.35. The Morgan fingerprint density at radius 2 is 2.19 bits per heavy atom. The number of phenols is 1. The number of hydrogen-bond acceptors (Lipinski definition) is 3. The Labute approximate surface area is 99.1 Å². The van der Waals surface area contributed by atoms with E-state index in [9.17, 15) is 5.11 Å². The summed E-state index contributed by atoms with van der Waals surface area (Å²) in [6.07, 6.45) is 2.64. The van der Waals surface area contributed by atoms with Gasteiger partial charge in [-0.05, 0) is 30.0 Å². The molecule has 0 bridgehead atoms. The van der Waals surface area contributed by atoms with Crippen LogP contribution in [-0.2, 0) is 0 Å². The Hall–Kier alpha value is -1.48. The number of fused-ring (bicyclic) bond motifs is 1. The molecule has 0 aliphatic carbocycles. The number of phenolic OH excluding ortho intramolecular Hbond substituents is 1. The van der Waals surface area contributed by atoms with Gasteiger partial charge >= 0.3 is 0 Å². The average Bonchev–Trinajstić information content (AvgIpc) is 2.30. The molecule has 3 nitrogen and oxygen atoms in total. The first-order valence-electron chi connectivity index (χ1n) is 5.19. The molecule has 0 atom stereocenters. The summed E-state index contributed by atoms with van der Waals surface area (Å²) < 4.78 is 0. The molecule has 1 aromatic heterocycles. The Morgan fingerprint density at radius 3 is 3.00 bits per heavy atom. The van der Waals surface area contributed by atoms with Gasteiger partial charge in [-0.1, -0.05) is 6.07 Å². The standard InChI is InChI=1S/C12H13ClN2O/c13-5-1-6-14-12-11-8-10(16)3-2-9(11)4-7-15-12/h2-4,7-8,16H,1,5-6H2,(H,14,15). The summed E-state index contributed by atoms with van der Waals surface area (Å²) in [6.45, 7) is 0.783. The van der Waals surface area contributed by atoms with Gasteiger partial charge in [0.05, 0.1) is 0 Å². The number of anilines is 1. The highest BCUT2D eigenvalue weighted by Crippen LogP contribution is 2.24. The van der Waals surface area contributed by atoms with Crippen molar-refractivity contribution in [3.05, 3.63) is 30.5 Å². The molecule has 16 heavy (non-hydrogen) atoms. The minimum absolute atomic E-state index is 0.251. The van der Waals surface area contributed by atoms with E-state index < -0.39 is 0 Å². The zero-order valence-electron chi connectivity index (χ0n) is 8.78. The van der Waals surface area contributed by atoms with E-state index in [4.69, 9.17) is 11.6 Å². The number of aromatic nitrogens is 1. The molecular weight excluding hydrogens is 224 g/mol. The van der Waals surface area contributed by atoms with Crippen molar-refractivity contribution in [1.82, 2.24) is 4.98 Å². The number of rotatable bonds is 4. The number of nitrogens with one attached hydrogen (secondary N) is 1. The number of alkyl halides is 1. The van der Waals surface area contributed by atoms with Gasteiger partial charge in [-0.3, -0.25) is 0 Å². The van der Waals surface area contributed by atoms with Crippen LogP contribution in [0.3, 0.4) is 0 Å². The maximum Gasteiger partial charge on any atom is 0.133 e. The average molecular weight is 237 g/mol. The molecule has 0 amide bonds. The molecule has 0 saturated carbocycles. The summed E-state index contributed by atoms with van der Waals surface area (Å²) in [5, 5.41) is 14.6. The second-order valence-electron chi connectivity index (χ2n) is 3.53. The maximum absolute atomic E-state index is 9.45. The number of hydrogen-bond donors (Lipinski definition) is 2. The summed E-state index contributed by atoms with van der Waals surface area (Å²) >= 11 is 5.61. The van der Waals surface area contributed by atoms with Crippen molar-refractivity contribution in [3.63, 3.8) is 0 Å². The fourth-order valence-corrected chi connectivity index (χ4v) is 1.70. The van der Waals surface area contributed by atoms with Crippen molar-refractivity contribution in [2.24, 2.45) is 0 Å². The largest absolute Gasteiger partial charge is 0.508 e. The van der Waals surface area contributed by atoms with Gasteiger partial charge in [0.2, 0.25) is 0 Å². The van der Waals surface area contributed by atoms with E-state index in [0.717, 1.165) is 29.6 Å². The predicted octanol–water partition coefficient (Wildman–Crippen LogP) is 2.98. The van der Waals surface area contributed by atoms with Crippen LogP contribution in [0.5, 0.6) is 5.75 Å². The van der Waals surface area contributed by atoms with Gasteiger partial charge in [0.1, 0.15) is 11.6 Å². The van der Waals surface area contributed by atoms with Gasteiger partial charge in [0.25, 0.3) is 0 Å². The smallest absolute Gasteiger partial charge is 0.133 e. The van der Waals surface area contributed by atoms with Crippen LogP contribution in [-0.4, -0.2) is 22.5 Å². The molecule has 1 aromatic carbocycles. The quantitative estimate of drug-likeness (QED) is 0.634. The molecule has 0 unspecified atom stereocenters. The molecule has 84 valence electrons. The molecule has 2 aromatic rings. The van der Waals surface area contributed by atoms with Crippen LogP contribution in [0.25, 0.3) is 10.8 Å². The van der Waals surface area contributed by atoms with Gasteiger partial charge in [0.15, 0.2) is 0 Å². The Morgan fingerprint density at radius 1 is 1.31 bits per heavy atom. The number of nitrogens with zero attached hydrogens (tertiary/aromatic N) is 1. The topological polar surface area (TPSA) is 45.2 Å². The predicted molar refractivity (Wildman–Crippen MR) is 67.2 cm³/mol. The zero-order chi connectivity index (χ0) is 11.4. The minimum atomic E-state index is 0.251. The van der Waals surface area contributed by atoms with Crippen LogP contribution in [0.15, 0.2) is 30.5 Å². The van der Waals surface area contributed by atoms with E-state index in [1.807, 2.05) is 12.1 Å². The lowest BCUT2D eigenvalue weighted by Gasteiger charge is -2.08. The lowest BCUT2D eigenvalue weighted by Crippen LogP contribution is -2.04. The van der Waals surface area contributed by atoms with E-state index in [1.54, 1.807) is 18.3 Å². The third kappa shape index (κ3) is 2.36. The van der Waals surface area contributed by atoms with E-state index in [1.165, 1.54) is 0 Å². The van der Waals surface area contributed by atoms with Gasteiger partial charge < -0.3 is 10.4 Å². The SMILES string of the molecule is Oc1ccc2ccnc(NCCCCl)c2c1. The van der Waals surface area contributed by atoms with Crippen LogP contribution in [0.1, 0.15) is 6.42 Å². The van der Waals surface area contributed by atoms with Crippen LogP contribution in [0, 0.1) is 0 Å². The Bertz CT molecular complexity index is 487. The van der Waals surface area contributed by atoms with E-state index in [0.29, 0.717) is 5.88 Å². The molecule has 0 aliphatic rings. The number of halogens is 1. The van der Waals surface area contributed by atoms with Gasteiger partial charge in [-0.2, -0.15) is 0 Å². The summed E-state index contributed by atoms with van der Waals surface area (Å²) in [5.41, 5.74) is 0. The highest BCUT2D eigenvalue weighted by atomic mass is 35.5. The van der Waals surface area contributed by atoms with Crippen LogP contribution >= 0.6 is 11.6 Å². The number of aromatic hydroxyl groups is 1. The van der Waals surface area contributed by atoms with Crippen molar-refractivity contribution in [2.45, 2.75) is 6.42 Å². The first-order chi connectivity index (χ1) is 7.81. The monoisotopic (exact) mass is 236 g/mol. The Kier molecular flexibility index (Phi) is 3.47. The first-order valence-corrected chi connectivity index (χ1v) is 5.72. The maximum atomic E-state index is 9.45. The first kappa shape index (κ1) is 11.0. The number of pyridine rings is 1. The molecule has 4 heteroatoms. The van der Waals surface area contributed by atoms with Crippen molar-refractivity contribution in [2.75, 3.05) is 17.7 Å². The second-order valence-corrected chi connectivity index (χ2v) is 3.91. The van der Waals surface area contributed by atoms with Crippen molar-refractivity contribution in [3.8, 4) is 5.75 Å². The van der Waals surface area contributed by atoms with E-state index in [-0.39, 0.29) is 5.75 Å². The van der Waals surface area contributed by atoms with Crippen molar-refractivity contribution in [1.29, 1.82) is 0 Å². The molecule has 0 aliphatic heterocycles. The van der Waals surface area contributed by atoms with Gasteiger partial charge in [-0.15, -0.1) is 11.6 Å². The van der Waals surface area contributed by atoms with Gasteiger partial charge in [-0.25, -0.2) is 4.98 Å². The Balaban J connectivity index is 2.32. The third-order valence-corrected chi connectivity index (χ3v) is 2.62. The molecule has 0 spiro atoms. The van der Waals surface area contributed by atoms with Crippen LogP contribution < -0.4 is 5.32 Å². The lowest BCUT2D eigenvalue weighted by atomic mass is 10.1. The van der Waals surface area contributed by atoms with E-state index >= 15 is 0 Å². The molecule has 2 N–H and O–H groups in total. The highest BCUT2D eigenvalue weighted by Gasteiger charge is 2.02. The minimum Gasteiger partial charge on any atom is -0.508 e. The molecule has 1 heterocycles. The van der Waals surface area contributed by atoms with Gasteiger partial charge in [0, 0.05) is 24.0 Å². The molecule has 0 radical (unpaired) electrons. The van der Waals surface area contributed by atoms with Crippen molar-refractivity contribution < 1.29 is 5.11 Å². The normalized spacial score (nSPS) is 10.6. The summed E-state index contributed by atoms with van der Waals surface area (Å²) in [7, 11) is 0. The van der Waals surface area contributed by atoms with Crippen LogP contribution in [0.2, 0.25) is 0 Å². The van der Waals surface area contributed by atoms with Crippen LogP contribution in [0.4, 0.5) is 5.82 Å². The van der Waals surface area contributed by atoms with Crippen molar-refractivity contribution >= 4 is 28.2 Å². The molecular formula is C12H13ClN2O. The summed E-state index contributed by atoms with van der Waals surface area (Å²) in [4.78, 5) is 4.25. The molecule has 0 saturated heterocycles. The fraction of sp³-hybridized carbons (Fsp3) is 0.250. The number of benzene rings is 1. The zero-order valence-corrected chi connectivity index (χ0v) is 9.54. The fourth-order valence-electron chi connectivity index (χ4n) is 1.57. The van der Waals surface area contributed by atoms with E-state index in [2.05, 4.69) is 10.3 Å². The molecule has 0 fully saturated rings. The molecule has 2 rings (SSSR count).